The van der Waals surface area contributed by atoms with Crippen molar-refractivity contribution in [1.82, 2.24) is 19.1 Å². The van der Waals surface area contributed by atoms with Crippen LogP contribution in [0.25, 0.3) is 16.6 Å². The Kier molecular flexibility index (Phi) is 5.49. The van der Waals surface area contributed by atoms with E-state index in [0.717, 1.165) is 28.8 Å². The molecule has 1 aromatic carbocycles. The van der Waals surface area contributed by atoms with E-state index in [2.05, 4.69) is 12.0 Å². The SMILES string of the molecule is CCCN(Cc1cccs1)C(=O)c1cc2c(=O)n(CCC)c3ccccc3n2n1. The standard InChI is InChI=1S/C22H24N4O2S/c1-3-11-24(15-16-8-7-13-29-16)21(27)17-14-20-22(28)25(12-4-2)18-9-5-6-10-19(18)26(20)23-17/h5-10,13-14H,3-4,11-12,15H2,1-2H3. The largest absolute Gasteiger partial charge is 0.332 e. The molecule has 0 unspecified atom stereocenters. The van der Waals surface area contributed by atoms with Crippen molar-refractivity contribution in [3.8, 4) is 0 Å². The van der Waals surface area contributed by atoms with Crippen LogP contribution >= 0.6 is 11.3 Å². The second-order valence-electron chi connectivity index (χ2n) is 7.08. The summed E-state index contributed by atoms with van der Waals surface area (Å²) in [5, 5.41) is 6.56. The van der Waals surface area contributed by atoms with Gasteiger partial charge in [-0.2, -0.15) is 5.10 Å². The summed E-state index contributed by atoms with van der Waals surface area (Å²) in [5.74, 6) is -0.144. The Hall–Kier alpha value is -2.93. The maximum Gasteiger partial charge on any atom is 0.277 e. The van der Waals surface area contributed by atoms with Crippen LogP contribution in [0.5, 0.6) is 0 Å². The van der Waals surface area contributed by atoms with Gasteiger partial charge >= 0.3 is 0 Å². The summed E-state index contributed by atoms with van der Waals surface area (Å²) in [5.41, 5.74) is 2.30. The molecule has 0 atom stereocenters. The molecule has 150 valence electrons. The summed E-state index contributed by atoms with van der Waals surface area (Å²) in [6.45, 7) is 5.92. The third-order valence-electron chi connectivity index (χ3n) is 4.95. The minimum absolute atomic E-state index is 0.114. The minimum atomic E-state index is -0.144. The van der Waals surface area contributed by atoms with Crippen LogP contribution < -0.4 is 5.56 Å². The van der Waals surface area contributed by atoms with Gasteiger partial charge in [0.25, 0.3) is 11.5 Å². The van der Waals surface area contributed by atoms with Crippen LogP contribution in [0.4, 0.5) is 0 Å². The van der Waals surface area contributed by atoms with E-state index in [4.69, 9.17) is 0 Å². The molecule has 0 saturated carbocycles. The lowest BCUT2D eigenvalue weighted by Crippen LogP contribution is -2.31. The first-order valence-corrected chi connectivity index (χ1v) is 10.8. The lowest BCUT2D eigenvalue weighted by atomic mass is 10.2. The first kappa shape index (κ1) is 19.4. The van der Waals surface area contributed by atoms with Gasteiger partial charge in [-0.15, -0.1) is 11.3 Å². The summed E-state index contributed by atoms with van der Waals surface area (Å²) < 4.78 is 3.39. The molecule has 0 aliphatic heterocycles. The van der Waals surface area contributed by atoms with Gasteiger partial charge in [-0.1, -0.05) is 32.0 Å². The van der Waals surface area contributed by atoms with E-state index in [-0.39, 0.29) is 11.5 Å². The lowest BCUT2D eigenvalue weighted by molar-refractivity contribution is 0.0738. The number of rotatable bonds is 7. The zero-order valence-electron chi connectivity index (χ0n) is 16.7. The smallest absolute Gasteiger partial charge is 0.277 e. The zero-order valence-corrected chi connectivity index (χ0v) is 17.5. The van der Waals surface area contributed by atoms with Crippen molar-refractivity contribution in [2.75, 3.05) is 6.54 Å². The van der Waals surface area contributed by atoms with Crippen LogP contribution in [0.15, 0.2) is 52.6 Å². The second-order valence-corrected chi connectivity index (χ2v) is 8.11. The average molecular weight is 409 g/mol. The van der Waals surface area contributed by atoms with Gasteiger partial charge in [0.15, 0.2) is 5.69 Å². The fourth-order valence-corrected chi connectivity index (χ4v) is 4.38. The molecule has 0 fully saturated rings. The molecule has 0 spiro atoms. The molecule has 0 N–H and O–H groups in total. The van der Waals surface area contributed by atoms with Crippen LogP contribution in [0.2, 0.25) is 0 Å². The maximum atomic E-state index is 13.2. The third kappa shape index (κ3) is 3.58. The van der Waals surface area contributed by atoms with Gasteiger partial charge in [-0.05, 0) is 36.4 Å². The lowest BCUT2D eigenvalue weighted by Gasteiger charge is -2.20. The number of benzene rings is 1. The molecule has 29 heavy (non-hydrogen) atoms. The number of para-hydroxylation sites is 2. The summed E-state index contributed by atoms with van der Waals surface area (Å²) in [6, 6.07) is 13.4. The summed E-state index contributed by atoms with van der Waals surface area (Å²) in [4.78, 5) is 29.3. The molecule has 7 heteroatoms. The molecule has 0 radical (unpaired) electrons. The molecule has 1 amide bonds. The molecule has 6 nitrogen and oxygen atoms in total. The van der Waals surface area contributed by atoms with Gasteiger partial charge < -0.3 is 9.47 Å². The number of carbonyl (C=O) groups is 1. The molecule has 0 saturated heterocycles. The number of thiophene rings is 1. The Labute approximate surface area is 173 Å². The molecule has 4 aromatic rings. The monoisotopic (exact) mass is 408 g/mol. The number of aryl methyl sites for hydroxylation is 1. The van der Waals surface area contributed by atoms with Gasteiger partial charge in [-0.25, -0.2) is 4.52 Å². The predicted molar refractivity (Wildman–Crippen MR) is 117 cm³/mol. The van der Waals surface area contributed by atoms with Gasteiger partial charge in [0.05, 0.1) is 17.6 Å². The van der Waals surface area contributed by atoms with Crippen molar-refractivity contribution < 1.29 is 4.79 Å². The fraction of sp³-hybridized carbons (Fsp3) is 0.318. The van der Waals surface area contributed by atoms with Crippen molar-refractivity contribution in [2.24, 2.45) is 0 Å². The number of amides is 1. The zero-order chi connectivity index (χ0) is 20.4. The van der Waals surface area contributed by atoms with Crippen molar-refractivity contribution in [2.45, 2.75) is 39.8 Å². The molecule has 0 aliphatic carbocycles. The number of carbonyl (C=O) groups excluding carboxylic acids is 1. The minimum Gasteiger partial charge on any atom is -0.332 e. The highest BCUT2D eigenvalue weighted by molar-refractivity contribution is 7.09. The quantitative estimate of drug-likeness (QED) is 0.461. The van der Waals surface area contributed by atoms with E-state index < -0.39 is 0 Å². The van der Waals surface area contributed by atoms with Gasteiger partial charge in [0, 0.05) is 24.0 Å². The van der Waals surface area contributed by atoms with Crippen molar-refractivity contribution in [3.05, 3.63) is 68.8 Å². The molecular formula is C22H24N4O2S. The predicted octanol–water partition coefficient (Wildman–Crippen LogP) is 4.17. The first-order valence-electron chi connectivity index (χ1n) is 9.97. The van der Waals surface area contributed by atoms with Crippen LogP contribution in [-0.2, 0) is 13.1 Å². The van der Waals surface area contributed by atoms with Gasteiger partial charge in [0.2, 0.25) is 0 Å². The number of nitrogens with zero attached hydrogens (tertiary/aromatic N) is 4. The number of hydrogen-bond acceptors (Lipinski definition) is 4. The third-order valence-corrected chi connectivity index (χ3v) is 5.81. The maximum absolute atomic E-state index is 13.2. The van der Waals surface area contributed by atoms with E-state index in [0.29, 0.717) is 30.8 Å². The number of hydrogen-bond donors (Lipinski definition) is 0. The Balaban J connectivity index is 1.82. The van der Waals surface area contributed by atoms with E-state index >= 15 is 0 Å². The fourth-order valence-electron chi connectivity index (χ4n) is 3.66. The molecular weight excluding hydrogens is 384 g/mol. The van der Waals surface area contributed by atoms with Crippen molar-refractivity contribution in [3.63, 3.8) is 0 Å². The highest BCUT2D eigenvalue weighted by atomic mass is 32.1. The van der Waals surface area contributed by atoms with Crippen LogP contribution in [0.3, 0.4) is 0 Å². The van der Waals surface area contributed by atoms with Crippen molar-refractivity contribution in [1.29, 1.82) is 0 Å². The summed E-state index contributed by atoms with van der Waals surface area (Å²) in [7, 11) is 0. The Morgan fingerprint density at radius 1 is 1.07 bits per heavy atom. The highest BCUT2D eigenvalue weighted by Crippen LogP contribution is 2.18. The molecule has 3 heterocycles. The molecule has 0 bridgehead atoms. The first-order chi connectivity index (χ1) is 14.1. The number of fused-ring (bicyclic) bond motifs is 3. The normalized spacial score (nSPS) is 11.4. The Bertz CT molecular complexity index is 1210. The molecule has 3 aromatic heterocycles. The average Bonchev–Trinajstić information content (AvgIpc) is 3.40. The highest BCUT2D eigenvalue weighted by Gasteiger charge is 2.21. The summed E-state index contributed by atoms with van der Waals surface area (Å²) in [6.07, 6.45) is 1.71. The number of aromatic nitrogens is 3. The second kappa shape index (κ2) is 8.21. The summed E-state index contributed by atoms with van der Waals surface area (Å²) >= 11 is 1.63. The topological polar surface area (TPSA) is 59.6 Å². The molecule has 0 aliphatic rings. The van der Waals surface area contributed by atoms with E-state index in [1.165, 1.54) is 0 Å². The van der Waals surface area contributed by atoms with Gasteiger partial charge in [0.1, 0.15) is 5.52 Å². The van der Waals surface area contributed by atoms with E-state index in [1.54, 1.807) is 31.4 Å². The van der Waals surface area contributed by atoms with Crippen LogP contribution in [0.1, 0.15) is 42.1 Å². The van der Waals surface area contributed by atoms with E-state index in [1.807, 2.05) is 48.7 Å². The molecule has 4 rings (SSSR count). The van der Waals surface area contributed by atoms with Crippen LogP contribution in [0, 0.1) is 0 Å². The Morgan fingerprint density at radius 2 is 1.86 bits per heavy atom. The van der Waals surface area contributed by atoms with Crippen molar-refractivity contribution >= 4 is 33.8 Å². The van der Waals surface area contributed by atoms with Gasteiger partial charge in [-0.3, -0.25) is 9.59 Å². The van der Waals surface area contributed by atoms with Crippen LogP contribution in [-0.4, -0.2) is 31.5 Å². The van der Waals surface area contributed by atoms with E-state index in [9.17, 15) is 9.59 Å². The Morgan fingerprint density at radius 3 is 2.55 bits per heavy atom.